The number of β-amino-alcohol motifs (C(OH)–C–C–N with tert-alkyl or cyclic N) is 1. The molecule has 2 N–H and O–H groups in total. The molecule has 1 aliphatic rings. The van der Waals surface area contributed by atoms with E-state index in [1.54, 1.807) is 0 Å². The van der Waals surface area contributed by atoms with Gasteiger partial charge in [-0.15, -0.1) is 0 Å². The zero-order valence-electron chi connectivity index (χ0n) is 7.12. The van der Waals surface area contributed by atoms with Crippen LogP contribution in [0, 0.1) is 0 Å². The third kappa shape index (κ3) is 1.52. The van der Waals surface area contributed by atoms with Crippen LogP contribution in [0.3, 0.4) is 0 Å². The Bertz CT molecular complexity index is 401. The standard InChI is InChI=1S/C6H9N3O4S/c10-5-2-9(13-3-5)14(11,12)6-1-7-4-8-6/h1,4-5,10H,2-3H2,(H,7,8)/t5-/m1/s1. The van der Waals surface area contributed by atoms with E-state index in [-0.39, 0.29) is 18.2 Å². The molecule has 0 radical (unpaired) electrons. The molecule has 1 aromatic rings. The maximum atomic E-state index is 11.7. The highest BCUT2D eigenvalue weighted by Gasteiger charge is 2.34. The van der Waals surface area contributed by atoms with Gasteiger partial charge in [0, 0.05) is 0 Å². The number of rotatable bonds is 2. The van der Waals surface area contributed by atoms with Gasteiger partial charge in [-0.25, -0.2) is 13.4 Å². The number of imidazole rings is 1. The number of nitrogens with zero attached hydrogens (tertiary/aromatic N) is 2. The van der Waals surface area contributed by atoms with Gasteiger partial charge >= 0.3 is 0 Å². The summed E-state index contributed by atoms with van der Waals surface area (Å²) in [4.78, 5) is 10.9. The molecule has 0 spiro atoms. The van der Waals surface area contributed by atoms with Crippen LogP contribution in [0.4, 0.5) is 0 Å². The van der Waals surface area contributed by atoms with Gasteiger partial charge in [0.15, 0.2) is 5.03 Å². The lowest BCUT2D eigenvalue weighted by atomic mass is 10.4. The second-order valence-electron chi connectivity index (χ2n) is 2.86. The van der Waals surface area contributed by atoms with Crippen LogP contribution in [-0.4, -0.2) is 47.2 Å². The Hall–Kier alpha value is -0.960. The van der Waals surface area contributed by atoms with Gasteiger partial charge in [0.1, 0.15) is 0 Å². The molecule has 0 saturated carbocycles. The van der Waals surface area contributed by atoms with Gasteiger partial charge in [-0.2, -0.15) is 0 Å². The predicted molar refractivity (Wildman–Crippen MR) is 44.4 cm³/mol. The summed E-state index contributed by atoms with van der Waals surface area (Å²) in [5.74, 6) is 0. The molecule has 0 aliphatic carbocycles. The van der Waals surface area contributed by atoms with E-state index in [2.05, 4.69) is 9.97 Å². The first-order valence-corrected chi connectivity index (χ1v) is 5.37. The fraction of sp³-hybridized carbons (Fsp3) is 0.500. The number of hydrogen-bond donors (Lipinski definition) is 2. The number of aliphatic hydroxyl groups is 1. The number of aliphatic hydroxyl groups excluding tert-OH is 1. The van der Waals surface area contributed by atoms with Crippen molar-refractivity contribution in [2.24, 2.45) is 0 Å². The number of aromatic nitrogens is 2. The van der Waals surface area contributed by atoms with E-state index in [0.717, 1.165) is 4.47 Å². The van der Waals surface area contributed by atoms with Crippen molar-refractivity contribution in [3.8, 4) is 0 Å². The van der Waals surface area contributed by atoms with Crippen molar-refractivity contribution in [2.45, 2.75) is 11.1 Å². The van der Waals surface area contributed by atoms with Gasteiger partial charge in [-0.3, -0.25) is 4.84 Å². The van der Waals surface area contributed by atoms with Crippen molar-refractivity contribution in [2.75, 3.05) is 13.2 Å². The Labute approximate surface area is 80.3 Å². The highest BCUT2D eigenvalue weighted by molar-refractivity contribution is 7.88. The van der Waals surface area contributed by atoms with Crippen molar-refractivity contribution < 1.29 is 18.4 Å². The van der Waals surface area contributed by atoms with Crippen LogP contribution in [0.2, 0.25) is 0 Å². The zero-order chi connectivity index (χ0) is 10.2. The first-order chi connectivity index (χ1) is 6.60. The minimum absolute atomic E-state index is 0.00658. The summed E-state index contributed by atoms with van der Waals surface area (Å²) in [5, 5.41) is 9.05. The fourth-order valence-electron chi connectivity index (χ4n) is 1.11. The van der Waals surface area contributed by atoms with Crippen LogP contribution in [-0.2, 0) is 14.9 Å². The molecule has 0 bridgehead atoms. The van der Waals surface area contributed by atoms with Gasteiger partial charge in [0.05, 0.1) is 31.8 Å². The van der Waals surface area contributed by atoms with Crippen LogP contribution < -0.4 is 0 Å². The van der Waals surface area contributed by atoms with Crippen LogP contribution >= 0.6 is 0 Å². The monoisotopic (exact) mass is 219 g/mol. The molecule has 0 amide bonds. The Kier molecular flexibility index (Phi) is 2.27. The lowest BCUT2D eigenvalue weighted by Crippen LogP contribution is -2.28. The molecule has 1 aromatic heterocycles. The molecule has 0 unspecified atom stereocenters. The molecule has 0 aromatic carbocycles. The van der Waals surface area contributed by atoms with E-state index in [9.17, 15) is 8.42 Å². The number of hydrogen-bond acceptors (Lipinski definition) is 5. The Balaban J connectivity index is 2.26. The van der Waals surface area contributed by atoms with Crippen LogP contribution in [0.25, 0.3) is 0 Å². The molecule has 2 heterocycles. The summed E-state index contributed by atoms with van der Waals surface area (Å²) in [5.41, 5.74) is 0. The molecule has 1 saturated heterocycles. The quantitative estimate of drug-likeness (QED) is 0.645. The molecule has 7 nitrogen and oxygen atoms in total. The second-order valence-corrected chi connectivity index (χ2v) is 4.65. The molecule has 78 valence electrons. The fourth-order valence-corrected chi connectivity index (χ4v) is 2.29. The summed E-state index contributed by atoms with van der Waals surface area (Å²) in [6.45, 7) is -0.0608. The number of aromatic amines is 1. The Morgan fingerprint density at radius 3 is 3.00 bits per heavy atom. The van der Waals surface area contributed by atoms with E-state index < -0.39 is 16.1 Å². The molecular formula is C6H9N3O4S. The summed E-state index contributed by atoms with van der Waals surface area (Å²) >= 11 is 0. The molecule has 1 atom stereocenters. The topological polar surface area (TPSA) is 95.5 Å². The number of hydroxylamine groups is 1. The lowest BCUT2D eigenvalue weighted by molar-refractivity contribution is -0.0318. The third-order valence-electron chi connectivity index (χ3n) is 1.79. The Morgan fingerprint density at radius 1 is 1.71 bits per heavy atom. The summed E-state index contributed by atoms with van der Waals surface area (Å²) < 4.78 is 24.1. The number of H-pyrrole nitrogens is 1. The average molecular weight is 219 g/mol. The van der Waals surface area contributed by atoms with E-state index in [1.165, 1.54) is 12.5 Å². The molecule has 1 fully saturated rings. The summed E-state index contributed by atoms with van der Waals surface area (Å²) in [7, 11) is -3.70. The largest absolute Gasteiger partial charge is 0.389 e. The lowest BCUT2D eigenvalue weighted by Gasteiger charge is -2.11. The van der Waals surface area contributed by atoms with Crippen molar-refractivity contribution >= 4 is 10.0 Å². The molecule has 14 heavy (non-hydrogen) atoms. The SMILES string of the molecule is O=S(=O)(c1cnc[nH]1)N1C[C@@H](O)CO1. The Morgan fingerprint density at radius 2 is 2.50 bits per heavy atom. The maximum absolute atomic E-state index is 11.7. The van der Waals surface area contributed by atoms with Crippen LogP contribution in [0.5, 0.6) is 0 Å². The van der Waals surface area contributed by atoms with Gasteiger partial charge in [0.25, 0.3) is 10.0 Å². The molecule has 1 aliphatic heterocycles. The van der Waals surface area contributed by atoms with Crippen molar-refractivity contribution in [1.29, 1.82) is 0 Å². The van der Waals surface area contributed by atoms with Crippen LogP contribution in [0.1, 0.15) is 0 Å². The van der Waals surface area contributed by atoms with Crippen molar-refractivity contribution in [1.82, 2.24) is 14.4 Å². The number of sulfonamides is 1. The normalized spacial score (nSPS) is 24.2. The summed E-state index contributed by atoms with van der Waals surface area (Å²) in [6, 6.07) is 0. The smallest absolute Gasteiger partial charge is 0.282 e. The van der Waals surface area contributed by atoms with Gasteiger partial charge in [-0.1, -0.05) is 4.47 Å². The highest BCUT2D eigenvalue weighted by atomic mass is 32.2. The van der Waals surface area contributed by atoms with E-state index >= 15 is 0 Å². The predicted octanol–water partition coefficient (Wildman–Crippen LogP) is -1.29. The van der Waals surface area contributed by atoms with Gasteiger partial charge in [0.2, 0.25) is 0 Å². The molecule has 2 rings (SSSR count). The van der Waals surface area contributed by atoms with Crippen molar-refractivity contribution in [3.05, 3.63) is 12.5 Å². The maximum Gasteiger partial charge on any atom is 0.282 e. The van der Waals surface area contributed by atoms with Crippen molar-refractivity contribution in [3.63, 3.8) is 0 Å². The highest BCUT2D eigenvalue weighted by Crippen LogP contribution is 2.17. The minimum Gasteiger partial charge on any atom is -0.389 e. The molecular weight excluding hydrogens is 210 g/mol. The van der Waals surface area contributed by atoms with Gasteiger partial charge in [-0.05, 0) is 0 Å². The first-order valence-electron chi connectivity index (χ1n) is 3.93. The number of nitrogens with one attached hydrogen (secondary N) is 1. The second kappa shape index (κ2) is 3.31. The van der Waals surface area contributed by atoms with E-state index in [1.807, 2.05) is 0 Å². The minimum atomic E-state index is -3.70. The third-order valence-corrected chi connectivity index (χ3v) is 3.36. The first kappa shape index (κ1) is 9.59. The van der Waals surface area contributed by atoms with Gasteiger partial charge < -0.3 is 10.1 Å². The molecule has 8 heteroatoms. The zero-order valence-corrected chi connectivity index (χ0v) is 7.94. The summed E-state index contributed by atoms with van der Waals surface area (Å²) in [6.07, 6.45) is 1.68. The van der Waals surface area contributed by atoms with E-state index in [0.29, 0.717) is 0 Å². The van der Waals surface area contributed by atoms with Crippen LogP contribution in [0.15, 0.2) is 17.6 Å². The van der Waals surface area contributed by atoms with E-state index in [4.69, 9.17) is 9.94 Å². The average Bonchev–Trinajstić information content (AvgIpc) is 2.72.